The molecule has 0 fully saturated rings. The molecule has 0 amide bonds. The molecule has 7 heteroatoms. The van der Waals surface area contributed by atoms with Crippen LogP contribution in [0.1, 0.15) is 21.7 Å². The smallest absolute Gasteiger partial charge is 0.335 e. The highest BCUT2D eigenvalue weighted by molar-refractivity contribution is 7.91. The van der Waals surface area contributed by atoms with Crippen molar-refractivity contribution in [2.75, 3.05) is 5.75 Å². The lowest BCUT2D eigenvalue weighted by molar-refractivity contribution is 0.0696. The van der Waals surface area contributed by atoms with Crippen LogP contribution in [-0.4, -0.2) is 35.0 Å². The normalized spacial score (nSPS) is 11.5. The van der Waals surface area contributed by atoms with E-state index in [0.29, 0.717) is 0 Å². The fourth-order valence-electron chi connectivity index (χ4n) is 2.03. The van der Waals surface area contributed by atoms with Crippen molar-refractivity contribution in [2.24, 2.45) is 0 Å². The van der Waals surface area contributed by atoms with Crippen LogP contribution < -0.4 is 0 Å². The van der Waals surface area contributed by atoms with Gasteiger partial charge in [0, 0.05) is 5.69 Å². The van der Waals surface area contributed by atoms with E-state index in [1.807, 2.05) is 19.9 Å². The van der Waals surface area contributed by atoms with Crippen LogP contribution in [0.2, 0.25) is 0 Å². The molecule has 0 aliphatic carbocycles. The summed E-state index contributed by atoms with van der Waals surface area (Å²) in [7, 11) is -3.46. The van der Waals surface area contributed by atoms with Gasteiger partial charge in [-0.25, -0.2) is 13.2 Å². The van der Waals surface area contributed by atoms with Crippen molar-refractivity contribution >= 4 is 15.8 Å². The Kier molecular flexibility index (Phi) is 4.13. The van der Waals surface area contributed by atoms with E-state index in [1.165, 1.54) is 24.3 Å². The molecule has 6 nitrogen and oxygen atoms in total. The largest absolute Gasteiger partial charge is 0.478 e. The molecule has 1 N–H and O–H groups in total. The minimum Gasteiger partial charge on any atom is -0.478 e. The molecule has 0 saturated heterocycles. The molecule has 0 atom stereocenters. The third-order valence-corrected chi connectivity index (χ3v) is 4.85. The lowest BCUT2D eigenvalue weighted by Crippen LogP contribution is -2.15. The van der Waals surface area contributed by atoms with Crippen LogP contribution in [0.15, 0.2) is 35.2 Å². The summed E-state index contributed by atoms with van der Waals surface area (Å²) in [5.74, 6) is -1.16. The zero-order valence-corrected chi connectivity index (χ0v) is 12.6. The Hall–Kier alpha value is -2.15. The first-order valence-electron chi connectivity index (χ1n) is 6.37. The summed E-state index contributed by atoms with van der Waals surface area (Å²) in [5.41, 5.74) is 1.81. The Labute approximate surface area is 123 Å². The minimum absolute atomic E-state index is 0.0625. The third kappa shape index (κ3) is 3.49. The van der Waals surface area contributed by atoms with Gasteiger partial charge in [-0.3, -0.25) is 4.68 Å². The van der Waals surface area contributed by atoms with Crippen LogP contribution in [0, 0.1) is 13.8 Å². The highest BCUT2D eigenvalue weighted by Crippen LogP contribution is 2.13. The van der Waals surface area contributed by atoms with Gasteiger partial charge in [-0.2, -0.15) is 5.10 Å². The molecule has 1 aromatic carbocycles. The van der Waals surface area contributed by atoms with Crippen LogP contribution >= 0.6 is 0 Å². The number of hydrogen-bond acceptors (Lipinski definition) is 4. The molecule has 21 heavy (non-hydrogen) atoms. The third-order valence-electron chi connectivity index (χ3n) is 3.14. The maximum atomic E-state index is 12.2. The maximum Gasteiger partial charge on any atom is 0.335 e. The Morgan fingerprint density at radius 1 is 1.24 bits per heavy atom. The molecule has 0 aliphatic heterocycles. The van der Waals surface area contributed by atoms with Crippen molar-refractivity contribution in [1.82, 2.24) is 9.78 Å². The van der Waals surface area contributed by atoms with Crippen molar-refractivity contribution in [3.05, 3.63) is 47.3 Å². The first kappa shape index (κ1) is 15.2. The number of sulfone groups is 1. The summed E-state index contributed by atoms with van der Waals surface area (Å²) < 4.78 is 26.1. The lowest BCUT2D eigenvalue weighted by Gasteiger charge is -2.07. The molecule has 2 rings (SSSR count). The highest BCUT2D eigenvalue weighted by Gasteiger charge is 2.16. The van der Waals surface area contributed by atoms with Gasteiger partial charge in [0.1, 0.15) is 0 Å². The zero-order chi connectivity index (χ0) is 15.6. The molecular formula is C14H16N2O4S. The van der Waals surface area contributed by atoms with Crippen molar-refractivity contribution < 1.29 is 18.3 Å². The van der Waals surface area contributed by atoms with E-state index in [2.05, 4.69) is 5.10 Å². The summed E-state index contributed by atoms with van der Waals surface area (Å²) in [4.78, 5) is 10.9. The first-order chi connectivity index (χ1) is 9.79. The predicted octanol–water partition coefficient (Wildman–Crippen LogP) is 1.67. The number of hydrogen-bond donors (Lipinski definition) is 1. The van der Waals surface area contributed by atoms with Crippen LogP contribution in [-0.2, 0) is 16.4 Å². The second-order valence-electron chi connectivity index (χ2n) is 4.80. The van der Waals surface area contributed by atoms with Gasteiger partial charge in [-0.15, -0.1) is 0 Å². The lowest BCUT2D eigenvalue weighted by atomic mass is 10.2. The van der Waals surface area contributed by atoms with Gasteiger partial charge in [-0.05, 0) is 44.2 Å². The van der Waals surface area contributed by atoms with E-state index in [9.17, 15) is 13.2 Å². The van der Waals surface area contributed by atoms with Crippen LogP contribution in [0.4, 0.5) is 0 Å². The fraction of sp³-hybridized carbons (Fsp3) is 0.286. The molecule has 0 radical (unpaired) electrons. The van der Waals surface area contributed by atoms with Crippen LogP contribution in [0.3, 0.4) is 0 Å². The number of carboxylic acids is 1. The summed E-state index contributed by atoms with van der Waals surface area (Å²) >= 11 is 0. The number of benzene rings is 1. The molecule has 2 aromatic rings. The number of aryl methyl sites for hydroxylation is 3. The van der Waals surface area contributed by atoms with Crippen molar-refractivity contribution in [2.45, 2.75) is 25.3 Å². The Morgan fingerprint density at radius 2 is 1.86 bits per heavy atom. The van der Waals surface area contributed by atoms with E-state index in [1.54, 1.807) is 4.68 Å². The number of carbonyl (C=O) groups is 1. The molecule has 0 unspecified atom stereocenters. The van der Waals surface area contributed by atoms with Gasteiger partial charge in [0.15, 0.2) is 9.84 Å². The number of nitrogens with zero attached hydrogens (tertiary/aromatic N) is 2. The number of rotatable bonds is 5. The maximum absolute atomic E-state index is 12.2. The second kappa shape index (κ2) is 5.69. The second-order valence-corrected chi connectivity index (χ2v) is 6.91. The monoisotopic (exact) mass is 308 g/mol. The van der Waals surface area contributed by atoms with Gasteiger partial charge in [0.05, 0.1) is 28.5 Å². The minimum atomic E-state index is -3.46. The average molecular weight is 308 g/mol. The molecule has 1 heterocycles. The summed E-state index contributed by atoms with van der Waals surface area (Å²) in [5, 5.41) is 13.0. The van der Waals surface area contributed by atoms with E-state index in [0.717, 1.165) is 11.4 Å². The highest BCUT2D eigenvalue weighted by atomic mass is 32.2. The van der Waals surface area contributed by atoms with Gasteiger partial charge in [0.2, 0.25) is 0 Å². The predicted molar refractivity (Wildman–Crippen MR) is 77.2 cm³/mol. The van der Waals surface area contributed by atoms with E-state index in [-0.39, 0.29) is 22.8 Å². The average Bonchev–Trinajstić information content (AvgIpc) is 2.75. The van der Waals surface area contributed by atoms with Crippen molar-refractivity contribution in [1.29, 1.82) is 0 Å². The van der Waals surface area contributed by atoms with E-state index >= 15 is 0 Å². The first-order valence-corrected chi connectivity index (χ1v) is 8.02. The molecule has 0 saturated carbocycles. The fourth-order valence-corrected chi connectivity index (χ4v) is 3.23. The molecular weight excluding hydrogens is 292 g/mol. The van der Waals surface area contributed by atoms with Crippen molar-refractivity contribution in [3.8, 4) is 0 Å². The quantitative estimate of drug-likeness (QED) is 0.907. The molecule has 0 spiro atoms. The zero-order valence-electron chi connectivity index (χ0n) is 11.8. The number of aromatic nitrogens is 2. The number of aromatic carboxylic acids is 1. The van der Waals surface area contributed by atoms with E-state index < -0.39 is 15.8 Å². The standard InChI is InChI=1S/C14H16N2O4S/c1-10-9-11(2)16(15-10)7-8-21(19,20)13-5-3-12(4-6-13)14(17)18/h3-6,9H,7-8H2,1-2H3,(H,17,18). The Bertz CT molecular complexity index is 761. The van der Waals surface area contributed by atoms with E-state index in [4.69, 9.17) is 5.11 Å². The number of carboxylic acid groups (broad SMARTS) is 1. The van der Waals surface area contributed by atoms with Crippen molar-refractivity contribution in [3.63, 3.8) is 0 Å². The molecule has 0 aliphatic rings. The van der Waals surface area contributed by atoms with Gasteiger partial charge >= 0.3 is 5.97 Å². The summed E-state index contributed by atoms with van der Waals surface area (Å²) in [6.07, 6.45) is 0. The van der Waals surface area contributed by atoms with Gasteiger partial charge in [0.25, 0.3) is 0 Å². The van der Waals surface area contributed by atoms with Gasteiger partial charge in [-0.1, -0.05) is 0 Å². The molecule has 112 valence electrons. The molecule has 1 aromatic heterocycles. The van der Waals surface area contributed by atoms with Gasteiger partial charge < -0.3 is 5.11 Å². The SMILES string of the molecule is Cc1cc(C)n(CCS(=O)(=O)c2ccc(C(=O)O)cc2)n1. The Morgan fingerprint density at radius 3 is 2.33 bits per heavy atom. The topological polar surface area (TPSA) is 89.3 Å². The van der Waals surface area contributed by atoms with Crippen LogP contribution in [0.25, 0.3) is 0 Å². The molecule has 0 bridgehead atoms. The van der Waals surface area contributed by atoms with Crippen LogP contribution in [0.5, 0.6) is 0 Å². The summed E-state index contributed by atoms with van der Waals surface area (Å²) in [6, 6.07) is 7.10. The Balaban J connectivity index is 2.14. The summed E-state index contributed by atoms with van der Waals surface area (Å²) in [6.45, 7) is 3.99.